The average Bonchev–Trinajstić information content (AvgIpc) is 2.44. The van der Waals surface area contributed by atoms with Gasteiger partial charge in [0.25, 0.3) is 0 Å². The predicted molar refractivity (Wildman–Crippen MR) is 93.8 cm³/mol. The second-order valence-electron chi connectivity index (χ2n) is 4.92. The fourth-order valence-electron chi connectivity index (χ4n) is 1.79. The van der Waals surface area contributed by atoms with E-state index < -0.39 is 0 Å². The molecule has 0 aliphatic heterocycles. The van der Waals surface area contributed by atoms with Gasteiger partial charge in [-0.25, -0.2) is 15.8 Å². The maximum absolute atomic E-state index is 5.56. The van der Waals surface area contributed by atoms with E-state index >= 15 is 0 Å². The molecule has 5 nitrogen and oxygen atoms in total. The van der Waals surface area contributed by atoms with Crippen LogP contribution in [0.5, 0.6) is 0 Å². The number of benzene rings is 1. The molecule has 0 aliphatic rings. The maximum Gasteiger partial charge on any atom is 0.148 e. The fourth-order valence-corrected chi connectivity index (χ4v) is 2.99. The van der Waals surface area contributed by atoms with Crippen molar-refractivity contribution in [3.8, 4) is 0 Å². The number of para-hydroxylation sites is 1. The molecule has 1 heterocycles. The lowest BCUT2D eigenvalue weighted by molar-refractivity contribution is 0.774. The van der Waals surface area contributed by atoms with Crippen molar-refractivity contribution in [1.82, 2.24) is 9.97 Å². The van der Waals surface area contributed by atoms with Crippen LogP contribution in [0.2, 0.25) is 0 Å². The van der Waals surface area contributed by atoms with Gasteiger partial charge in [0.05, 0.1) is 5.69 Å². The Balaban J connectivity index is 2.51. The maximum atomic E-state index is 5.56. The monoisotopic (exact) mass is 413 g/mol. The first-order valence-electron chi connectivity index (χ1n) is 6.50. The van der Waals surface area contributed by atoms with Crippen LogP contribution >= 0.6 is 31.9 Å². The van der Waals surface area contributed by atoms with Crippen LogP contribution in [0.25, 0.3) is 0 Å². The van der Waals surface area contributed by atoms with Crippen LogP contribution in [0.4, 0.5) is 17.3 Å². The summed E-state index contributed by atoms with van der Waals surface area (Å²) >= 11 is 7.07. The van der Waals surface area contributed by atoms with Crippen molar-refractivity contribution in [3.63, 3.8) is 0 Å². The Morgan fingerprint density at radius 1 is 1.10 bits per heavy atom. The van der Waals surface area contributed by atoms with Crippen LogP contribution in [-0.2, 0) is 0 Å². The van der Waals surface area contributed by atoms with E-state index in [1.807, 2.05) is 39.0 Å². The van der Waals surface area contributed by atoms with E-state index in [0.717, 1.165) is 31.8 Å². The van der Waals surface area contributed by atoms with Gasteiger partial charge in [-0.1, -0.05) is 19.9 Å². The van der Waals surface area contributed by atoms with Crippen molar-refractivity contribution < 1.29 is 0 Å². The van der Waals surface area contributed by atoms with E-state index in [9.17, 15) is 0 Å². The Hall–Kier alpha value is -1.18. The topological polar surface area (TPSA) is 75.9 Å². The summed E-state index contributed by atoms with van der Waals surface area (Å²) in [7, 11) is 0. The molecule has 0 spiro atoms. The van der Waals surface area contributed by atoms with Crippen molar-refractivity contribution in [2.45, 2.75) is 26.7 Å². The normalized spacial score (nSPS) is 10.8. The molecule has 0 saturated heterocycles. The standard InChI is InChI=1S/C14H17Br2N5/c1-7(2)12-19-13(8(3)14(20-12)21-17)18-11-9(15)5-4-6-10(11)16/h4-7H,17H2,1-3H3,(H2,18,19,20,21). The largest absolute Gasteiger partial charge is 0.338 e. The molecule has 112 valence electrons. The van der Waals surface area contributed by atoms with Crippen LogP contribution < -0.4 is 16.6 Å². The third-order valence-corrected chi connectivity index (χ3v) is 4.34. The van der Waals surface area contributed by atoms with Crippen LogP contribution in [0.3, 0.4) is 0 Å². The Labute approximate surface area is 141 Å². The molecule has 0 bridgehead atoms. The number of hydrogen-bond acceptors (Lipinski definition) is 5. The van der Waals surface area contributed by atoms with E-state index in [2.05, 4.69) is 52.6 Å². The van der Waals surface area contributed by atoms with Crippen molar-refractivity contribution in [1.29, 1.82) is 0 Å². The van der Waals surface area contributed by atoms with Gasteiger partial charge in [-0.05, 0) is 50.9 Å². The summed E-state index contributed by atoms with van der Waals surface area (Å²) in [5.41, 5.74) is 4.41. The molecule has 0 atom stereocenters. The quantitative estimate of drug-likeness (QED) is 0.508. The number of nitrogens with zero attached hydrogens (tertiary/aromatic N) is 2. The third-order valence-electron chi connectivity index (χ3n) is 3.02. The highest BCUT2D eigenvalue weighted by molar-refractivity contribution is 9.11. The SMILES string of the molecule is Cc1c(NN)nc(C(C)C)nc1Nc1c(Br)cccc1Br. The molecular weight excluding hydrogens is 398 g/mol. The number of hydrazine groups is 1. The van der Waals surface area contributed by atoms with Gasteiger partial charge in [0.2, 0.25) is 0 Å². The minimum atomic E-state index is 0.209. The molecule has 7 heteroatoms. The highest BCUT2D eigenvalue weighted by Crippen LogP contribution is 2.34. The molecule has 0 amide bonds. The van der Waals surface area contributed by atoms with E-state index in [1.54, 1.807) is 0 Å². The summed E-state index contributed by atoms with van der Waals surface area (Å²) in [5, 5.41) is 3.34. The van der Waals surface area contributed by atoms with Gasteiger partial charge < -0.3 is 10.7 Å². The number of aromatic nitrogens is 2. The number of rotatable bonds is 4. The summed E-state index contributed by atoms with van der Waals surface area (Å²) in [6.45, 7) is 6.01. The zero-order chi connectivity index (χ0) is 15.6. The Kier molecular flexibility index (Phi) is 5.18. The van der Waals surface area contributed by atoms with E-state index in [0.29, 0.717) is 5.82 Å². The number of nitrogens with two attached hydrogens (primary N) is 1. The molecule has 0 fully saturated rings. The van der Waals surface area contributed by atoms with Crippen molar-refractivity contribution in [2.75, 3.05) is 10.7 Å². The summed E-state index contributed by atoms with van der Waals surface area (Å²) in [5.74, 6) is 7.85. The molecule has 0 radical (unpaired) electrons. The third kappa shape index (κ3) is 3.53. The van der Waals surface area contributed by atoms with Crippen molar-refractivity contribution in [3.05, 3.63) is 38.5 Å². The lowest BCUT2D eigenvalue weighted by Crippen LogP contribution is -2.14. The highest BCUT2D eigenvalue weighted by Gasteiger charge is 2.14. The average molecular weight is 415 g/mol. The predicted octanol–water partition coefficient (Wildman–Crippen LogP) is 4.46. The lowest BCUT2D eigenvalue weighted by atomic mass is 10.2. The van der Waals surface area contributed by atoms with Gasteiger partial charge in [-0.15, -0.1) is 0 Å². The number of nitrogens with one attached hydrogen (secondary N) is 2. The van der Waals surface area contributed by atoms with E-state index in [1.165, 1.54) is 0 Å². The van der Waals surface area contributed by atoms with Gasteiger partial charge >= 0.3 is 0 Å². The molecule has 21 heavy (non-hydrogen) atoms. The van der Waals surface area contributed by atoms with Crippen LogP contribution in [0, 0.1) is 6.92 Å². The summed E-state index contributed by atoms with van der Waals surface area (Å²) in [4.78, 5) is 9.03. The number of hydrogen-bond donors (Lipinski definition) is 3. The minimum absolute atomic E-state index is 0.209. The summed E-state index contributed by atoms with van der Waals surface area (Å²) in [6.07, 6.45) is 0. The van der Waals surface area contributed by atoms with Crippen LogP contribution in [-0.4, -0.2) is 9.97 Å². The molecule has 1 aromatic heterocycles. The summed E-state index contributed by atoms with van der Waals surface area (Å²) < 4.78 is 1.89. The van der Waals surface area contributed by atoms with Crippen LogP contribution in [0.15, 0.2) is 27.1 Å². The van der Waals surface area contributed by atoms with E-state index in [-0.39, 0.29) is 5.92 Å². The van der Waals surface area contributed by atoms with Crippen molar-refractivity contribution in [2.24, 2.45) is 5.84 Å². The van der Waals surface area contributed by atoms with Gasteiger partial charge in [-0.3, -0.25) is 0 Å². The van der Waals surface area contributed by atoms with Gasteiger partial charge in [0.1, 0.15) is 17.5 Å². The molecule has 2 aromatic rings. The number of nitrogen functional groups attached to an aromatic ring is 1. The van der Waals surface area contributed by atoms with Crippen LogP contribution in [0.1, 0.15) is 31.2 Å². The fraction of sp³-hybridized carbons (Fsp3) is 0.286. The number of halogens is 2. The zero-order valence-electron chi connectivity index (χ0n) is 12.0. The Morgan fingerprint density at radius 3 is 2.19 bits per heavy atom. The van der Waals surface area contributed by atoms with Crippen molar-refractivity contribution >= 4 is 49.2 Å². The Bertz CT molecular complexity index is 638. The first kappa shape index (κ1) is 16.2. The van der Waals surface area contributed by atoms with Gasteiger partial charge in [0, 0.05) is 20.4 Å². The smallest absolute Gasteiger partial charge is 0.148 e. The summed E-state index contributed by atoms with van der Waals surface area (Å²) in [6, 6.07) is 5.89. The molecule has 0 unspecified atom stereocenters. The molecular formula is C14H17Br2N5. The highest BCUT2D eigenvalue weighted by atomic mass is 79.9. The zero-order valence-corrected chi connectivity index (χ0v) is 15.2. The second-order valence-corrected chi connectivity index (χ2v) is 6.63. The first-order chi connectivity index (χ1) is 9.93. The Morgan fingerprint density at radius 2 is 1.67 bits per heavy atom. The van der Waals surface area contributed by atoms with Gasteiger partial charge in [-0.2, -0.15) is 0 Å². The molecule has 1 aromatic carbocycles. The second kappa shape index (κ2) is 6.72. The lowest BCUT2D eigenvalue weighted by Gasteiger charge is -2.16. The minimum Gasteiger partial charge on any atom is -0.338 e. The molecule has 2 rings (SSSR count). The molecule has 0 saturated carbocycles. The number of anilines is 3. The van der Waals surface area contributed by atoms with E-state index in [4.69, 9.17) is 5.84 Å². The molecule has 0 aliphatic carbocycles. The molecule has 4 N–H and O–H groups in total. The van der Waals surface area contributed by atoms with Gasteiger partial charge in [0.15, 0.2) is 0 Å². The first-order valence-corrected chi connectivity index (χ1v) is 8.08.